The van der Waals surface area contributed by atoms with Crippen molar-refractivity contribution in [1.82, 2.24) is 20.4 Å². The molecular weight excluding hydrogens is 450 g/mol. The highest BCUT2D eigenvalue weighted by molar-refractivity contribution is 7.20. The molecule has 176 valence electrons. The molecule has 0 unspecified atom stereocenters. The van der Waals surface area contributed by atoms with Crippen LogP contribution in [0.2, 0.25) is 0 Å². The van der Waals surface area contributed by atoms with Crippen LogP contribution in [0.5, 0.6) is 0 Å². The van der Waals surface area contributed by atoms with E-state index in [0.717, 1.165) is 59.9 Å². The number of carbonyl (C=O) groups excluding carboxylic acids is 1. The van der Waals surface area contributed by atoms with Crippen molar-refractivity contribution < 1.29 is 14.1 Å². The highest BCUT2D eigenvalue weighted by atomic mass is 32.1. The minimum Gasteiger partial charge on any atom is -0.381 e. The van der Waals surface area contributed by atoms with Gasteiger partial charge in [0, 0.05) is 31.2 Å². The van der Waals surface area contributed by atoms with Gasteiger partial charge in [0.05, 0.1) is 22.5 Å². The molecule has 4 aromatic rings. The molecular formula is C25H27N5O3S. The van der Waals surface area contributed by atoms with Gasteiger partial charge in [-0.15, -0.1) is 11.3 Å². The van der Waals surface area contributed by atoms with E-state index in [1.54, 1.807) is 6.33 Å². The molecule has 1 aliphatic rings. The quantitative estimate of drug-likeness (QED) is 0.407. The number of anilines is 1. The zero-order chi connectivity index (χ0) is 23.5. The molecule has 1 amide bonds. The van der Waals surface area contributed by atoms with Gasteiger partial charge in [0.2, 0.25) is 0 Å². The number of thiophene rings is 1. The standard InChI is InChI=1S/C25H27N5O3S/c1-16-12-19(33-30-16)13-26-23(31)21-17(2)20-22(28-15-29-24(20)34-21)27-14-25(8-10-32-11-9-25)18-6-4-3-5-7-18/h3-7,12,15H,8-11,13-14H2,1-2H3,(H,26,31)(H,27,28,29). The normalized spacial score (nSPS) is 15.4. The third kappa shape index (κ3) is 4.41. The Morgan fingerprint density at radius 1 is 1.15 bits per heavy atom. The summed E-state index contributed by atoms with van der Waals surface area (Å²) in [6, 6.07) is 12.4. The number of aromatic nitrogens is 3. The van der Waals surface area contributed by atoms with Crippen molar-refractivity contribution in [1.29, 1.82) is 0 Å². The third-order valence-electron chi connectivity index (χ3n) is 6.46. The summed E-state index contributed by atoms with van der Waals surface area (Å²) in [4.78, 5) is 23.3. The number of amides is 1. The molecule has 5 rings (SSSR count). The lowest BCUT2D eigenvalue weighted by Crippen LogP contribution is -2.40. The van der Waals surface area contributed by atoms with Crippen molar-refractivity contribution in [3.63, 3.8) is 0 Å². The Kier molecular flexibility index (Phi) is 6.30. The molecule has 2 N–H and O–H groups in total. The lowest BCUT2D eigenvalue weighted by atomic mass is 9.74. The number of rotatable bonds is 7. The van der Waals surface area contributed by atoms with Crippen LogP contribution in [0.1, 0.15) is 45.1 Å². The predicted octanol–water partition coefficient (Wildman–Crippen LogP) is 4.39. The van der Waals surface area contributed by atoms with Crippen molar-refractivity contribution in [2.45, 2.75) is 38.6 Å². The van der Waals surface area contributed by atoms with Gasteiger partial charge in [-0.2, -0.15) is 0 Å². The Morgan fingerprint density at radius 3 is 2.68 bits per heavy atom. The van der Waals surface area contributed by atoms with Gasteiger partial charge in [0.25, 0.3) is 5.91 Å². The Labute approximate surface area is 201 Å². The van der Waals surface area contributed by atoms with Crippen LogP contribution in [-0.2, 0) is 16.7 Å². The van der Waals surface area contributed by atoms with Gasteiger partial charge in [-0.1, -0.05) is 35.5 Å². The lowest BCUT2D eigenvalue weighted by Gasteiger charge is -2.38. The minimum absolute atomic E-state index is 0.0316. The molecule has 8 nitrogen and oxygen atoms in total. The predicted molar refractivity (Wildman–Crippen MR) is 131 cm³/mol. The first-order valence-electron chi connectivity index (χ1n) is 11.4. The van der Waals surface area contributed by atoms with Crippen LogP contribution in [-0.4, -0.2) is 40.8 Å². The second kappa shape index (κ2) is 9.52. The van der Waals surface area contributed by atoms with Gasteiger partial charge in [0.15, 0.2) is 5.76 Å². The minimum atomic E-state index is -0.161. The Hall–Kier alpha value is -3.30. The molecule has 0 saturated carbocycles. The molecule has 1 saturated heterocycles. The van der Waals surface area contributed by atoms with Gasteiger partial charge < -0.3 is 19.9 Å². The molecule has 0 radical (unpaired) electrons. The summed E-state index contributed by atoms with van der Waals surface area (Å²) in [7, 11) is 0. The first-order chi connectivity index (χ1) is 16.6. The Balaban J connectivity index is 1.38. The lowest BCUT2D eigenvalue weighted by molar-refractivity contribution is 0.0544. The summed E-state index contributed by atoms with van der Waals surface area (Å²) < 4.78 is 10.9. The van der Waals surface area contributed by atoms with E-state index >= 15 is 0 Å². The van der Waals surface area contributed by atoms with Gasteiger partial charge in [-0.25, -0.2) is 9.97 Å². The number of benzene rings is 1. The maximum absolute atomic E-state index is 12.9. The molecule has 4 heterocycles. The van der Waals surface area contributed by atoms with Crippen molar-refractivity contribution >= 4 is 33.3 Å². The second-order valence-electron chi connectivity index (χ2n) is 8.69. The van der Waals surface area contributed by atoms with Crippen LogP contribution in [0.15, 0.2) is 47.2 Å². The van der Waals surface area contributed by atoms with Crippen molar-refractivity contribution in [2.24, 2.45) is 0 Å². The molecule has 3 aromatic heterocycles. The SMILES string of the molecule is Cc1cc(CNC(=O)c2sc3ncnc(NCC4(c5ccccc5)CCOCC4)c3c2C)on1. The van der Waals surface area contributed by atoms with Crippen LogP contribution in [0.25, 0.3) is 10.2 Å². The van der Waals surface area contributed by atoms with E-state index in [4.69, 9.17) is 9.26 Å². The average Bonchev–Trinajstić information content (AvgIpc) is 3.45. The van der Waals surface area contributed by atoms with E-state index < -0.39 is 0 Å². The number of nitrogens with zero attached hydrogens (tertiary/aromatic N) is 3. The summed E-state index contributed by atoms with van der Waals surface area (Å²) in [5.74, 6) is 1.21. The highest BCUT2D eigenvalue weighted by Crippen LogP contribution is 2.37. The molecule has 34 heavy (non-hydrogen) atoms. The van der Waals surface area contributed by atoms with E-state index in [9.17, 15) is 4.79 Å². The van der Waals surface area contributed by atoms with Crippen LogP contribution in [0.3, 0.4) is 0 Å². The summed E-state index contributed by atoms with van der Waals surface area (Å²) >= 11 is 1.37. The number of carbonyl (C=O) groups is 1. The number of aryl methyl sites for hydroxylation is 2. The van der Waals surface area contributed by atoms with E-state index in [2.05, 4.69) is 50.0 Å². The molecule has 0 bridgehead atoms. The molecule has 0 spiro atoms. The van der Waals surface area contributed by atoms with Gasteiger partial charge in [-0.3, -0.25) is 4.79 Å². The number of nitrogens with one attached hydrogen (secondary N) is 2. The summed E-state index contributed by atoms with van der Waals surface area (Å²) in [5, 5.41) is 11.3. The monoisotopic (exact) mass is 477 g/mol. The van der Waals surface area contributed by atoms with Crippen molar-refractivity contribution in [3.05, 3.63) is 70.2 Å². The molecule has 0 atom stereocenters. The highest BCUT2D eigenvalue weighted by Gasteiger charge is 2.34. The molecule has 9 heteroatoms. The second-order valence-corrected chi connectivity index (χ2v) is 9.69. The number of ether oxygens (including phenoxy) is 1. The van der Waals surface area contributed by atoms with Crippen molar-refractivity contribution in [2.75, 3.05) is 25.1 Å². The first-order valence-corrected chi connectivity index (χ1v) is 12.2. The fourth-order valence-electron chi connectivity index (χ4n) is 4.54. The Morgan fingerprint density at radius 2 is 1.94 bits per heavy atom. The van der Waals surface area contributed by atoms with Crippen molar-refractivity contribution in [3.8, 4) is 0 Å². The zero-order valence-electron chi connectivity index (χ0n) is 19.3. The fraction of sp³-hybridized carbons (Fsp3) is 0.360. The van der Waals surface area contributed by atoms with Crippen LogP contribution in [0, 0.1) is 13.8 Å². The first kappa shape index (κ1) is 22.5. The fourth-order valence-corrected chi connectivity index (χ4v) is 5.61. The van der Waals surface area contributed by atoms with E-state index in [0.29, 0.717) is 10.6 Å². The van der Waals surface area contributed by atoms with E-state index in [1.165, 1.54) is 16.9 Å². The molecule has 1 aliphatic heterocycles. The van der Waals surface area contributed by atoms with Crippen LogP contribution >= 0.6 is 11.3 Å². The summed E-state index contributed by atoms with van der Waals surface area (Å²) in [6.07, 6.45) is 3.43. The van der Waals surface area contributed by atoms with Gasteiger partial charge >= 0.3 is 0 Å². The van der Waals surface area contributed by atoms with Crippen LogP contribution in [0.4, 0.5) is 5.82 Å². The molecule has 0 aliphatic carbocycles. The maximum Gasteiger partial charge on any atom is 0.262 e. The van der Waals surface area contributed by atoms with Gasteiger partial charge in [-0.05, 0) is 37.8 Å². The Bertz CT molecular complexity index is 1290. The summed E-state index contributed by atoms with van der Waals surface area (Å²) in [6.45, 7) is 6.28. The number of hydrogen-bond donors (Lipinski definition) is 2. The zero-order valence-corrected chi connectivity index (χ0v) is 20.1. The summed E-state index contributed by atoms with van der Waals surface area (Å²) in [5.41, 5.74) is 2.93. The topological polar surface area (TPSA) is 102 Å². The number of fused-ring (bicyclic) bond motifs is 1. The van der Waals surface area contributed by atoms with Gasteiger partial charge in [0.1, 0.15) is 17.0 Å². The maximum atomic E-state index is 12.9. The van der Waals surface area contributed by atoms with E-state index in [-0.39, 0.29) is 17.9 Å². The van der Waals surface area contributed by atoms with E-state index in [1.807, 2.05) is 26.0 Å². The third-order valence-corrected chi connectivity index (χ3v) is 7.66. The molecule has 1 fully saturated rings. The average molecular weight is 478 g/mol. The van der Waals surface area contributed by atoms with Crippen LogP contribution < -0.4 is 10.6 Å². The molecule has 1 aromatic carbocycles. The smallest absolute Gasteiger partial charge is 0.262 e. The largest absolute Gasteiger partial charge is 0.381 e. The number of hydrogen-bond acceptors (Lipinski definition) is 8.